The van der Waals surface area contributed by atoms with Crippen molar-refractivity contribution in [1.29, 1.82) is 0 Å². The van der Waals surface area contributed by atoms with Crippen LogP contribution in [0, 0.1) is 0 Å². The minimum absolute atomic E-state index is 0.129. The molecule has 0 spiro atoms. The first kappa shape index (κ1) is 12.0. The first-order valence-corrected chi connectivity index (χ1v) is 6.38. The Morgan fingerprint density at radius 1 is 1.24 bits per heavy atom. The number of carbonyl (C=O) groups is 1. The van der Waals surface area contributed by atoms with Crippen LogP contribution in [0.5, 0.6) is 0 Å². The molecule has 0 aromatic heterocycles. The number of para-hydroxylation sites is 1. The number of hydrogen-bond donors (Lipinski definition) is 1. The Bertz CT molecular complexity index is 392. The van der Waals surface area contributed by atoms with Gasteiger partial charge in [-0.05, 0) is 24.0 Å². The van der Waals surface area contributed by atoms with Crippen molar-refractivity contribution in [2.45, 2.75) is 26.7 Å². The van der Waals surface area contributed by atoms with Gasteiger partial charge in [-0.25, -0.2) is 0 Å². The van der Waals surface area contributed by atoms with Gasteiger partial charge in [-0.1, -0.05) is 32.0 Å². The van der Waals surface area contributed by atoms with Crippen molar-refractivity contribution in [3.05, 3.63) is 29.3 Å². The van der Waals surface area contributed by atoms with E-state index in [0.29, 0.717) is 6.54 Å². The maximum atomic E-state index is 11.5. The fraction of sp³-hybridized carbons (Fsp3) is 0.500. The standard InChI is InChI=1S/C14H20N2O/c1-3-11-6-5-7-12(4-2)14(11)16-9-8-15-13(17)10-16/h5-7H,3-4,8-10H2,1-2H3,(H,15,17). The van der Waals surface area contributed by atoms with Crippen LogP contribution in [0.3, 0.4) is 0 Å². The van der Waals surface area contributed by atoms with E-state index in [4.69, 9.17) is 0 Å². The van der Waals surface area contributed by atoms with E-state index in [1.807, 2.05) is 0 Å². The lowest BCUT2D eigenvalue weighted by Gasteiger charge is -2.32. The first-order valence-electron chi connectivity index (χ1n) is 6.38. The monoisotopic (exact) mass is 232 g/mol. The molecule has 92 valence electrons. The minimum atomic E-state index is 0.129. The van der Waals surface area contributed by atoms with E-state index in [-0.39, 0.29) is 5.91 Å². The largest absolute Gasteiger partial charge is 0.360 e. The third-order valence-electron chi connectivity index (χ3n) is 3.32. The van der Waals surface area contributed by atoms with Crippen LogP contribution < -0.4 is 10.2 Å². The Morgan fingerprint density at radius 2 is 1.88 bits per heavy atom. The zero-order chi connectivity index (χ0) is 12.3. The predicted octanol–water partition coefficient (Wildman–Crippen LogP) is 1.75. The van der Waals surface area contributed by atoms with Crippen LogP contribution >= 0.6 is 0 Å². The second-order valence-electron chi connectivity index (χ2n) is 4.40. The lowest BCUT2D eigenvalue weighted by atomic mass is 10.0. The van der Waals surface area contributed by atoms with Gasteiger partial charge in [0.05, 0.1) is 6.54 Å². The summed E-state index contributed by atoms with van der Waals surface area (Å²) < 4.78 is 0. The van der Waals surface area contributed by atoms with Gasteiger partial charge in [-0.2, -0.15) is 0 Å². The second kappa shape index (κ2) is 5.21. The van der Waals surface area contributed by atoms with Crippen molar-refractivity contribution in [1.82, 2.24) is 5.32 Å². The van der Waals surface area contributed by atoms with Crippen LogP contribution in [-0.4, -0.2) is 25.5 Å². The van der Waals surface area contributed by atoms with Crippen molar-refractivity contribution >= 4 is 11.6 Å². The summed E-state index contributed by atoms with van der Waals surface area (Å²) in [6, 6.07) is 6.45. The number of anilines is 1. The van der Waals surface area contributed by atoms with Gasteiger partial charge in [-0.15, -0.1) is 0 Å². The molecule has 0 atom stereocenters. The molecule has 1 N–H and O–H groups in total. The van der Waals surface area contributed by atoms with E-state index in [0.717, 1.165) is 25.9 Å². The molecule has 0 aliphatic carbocycles. The van der Waals surface area contributed by atoms with E-state index >= 15 is 0 Å². The Morgan fingerprint density at radius 3 is 2.41 bits per heavy atom. The summed E-state index contributed by atoms with van der Waals surface area (Å²) in [5.74, 6) is 0.129. The molecular formula is C14H20N2O. The molecule has 1 fully saturated rings. The van der Waals surface area contributed by atoms with E-state index in [9.17, 15) is 4.79 Å². The molecule has 3 heteroatoms. The summed E-state index contributed by atoms with van der Waals surface area (Å²) in [6.45, 7) is 6.49. The van der Waals surface area contributed by atoms with Gasteiger partial charge >= 0.3 is 0 Å². The Balaban J connectivity index is 2.37. The third-order valence-corrected chi connectivity index (χ3v) is 3.32. The summed E-state index contributed by atoms with van der Waals surface area (Å²) >= 11 is 0. The highest BCUT2D eigenvalue weighted by molar-refractivity contribution is 5.83. The van der Waals surface area contributed by atoms with Crippen LogP contribution in [0.1, 0.15) is 25.0 Å². The van der Waals surface area contributed by atoms with E-state index in [1.54, 1.807) is 0 Å². The number of rotatable bonds is 3. The smallest absolute Gasteiger partial charge is 0.239 e. The number of piperazine rings is 1. The lowest BCUT2D eigenvalue weighted by molar-refractivity contribution is -0.120. The van der Waals surface area contributed by atoms with Crippen molar-refractivity contribution in [2.24, 2.45) is 0 Å². The van der Waals surface area contributed by atoms with Gasteiger partial charge < -0.3 is 10.2 Å². The van der Waals surface area contributed by atoms with E-state index in [2.05, 4.69) is 42.3 Å². The zero-order valence-corrected chi connectivity index (χ0v) is 10.6. The van der Waals surface area contributed by atoms with Gasteiger partial charge in [0, 0.05) is 18.8 Å². The molecule has 3 nitrogen and oxygen atoms in total. The van der Waals surface area contributed by atoms with Gasteiger partial charge in [0.1, 0.15) is 0 Å². The molecule has 2 rings (SSSR count). The number of amides is 1. The van der Waals surface area contributed by atoms with Crippen LogP contribution in [-0.2, 0) is 17.6 Å². The maximum absolute atomic E-state index is 11.5. The molecule has 1 aliphatic rings. The molecule has 1 aromatic carbocycles. The fourth-order valence-electron chi connectivity index (χ4n) is 2.45. The number of carbonyl (C=O) groups excluding carboxylic acids is 1. The summed E-state index contributed by atoms with van der Waals surface area (Å²) in [7, 11) is 0. The summed E-state index contributed by atoms with van der Waals surface area (Å²) in [6.07, 6.45) is 2.03. The zero-order valence-electron chi connectivity index (χ0n) is 10.6. The minimum Gasteiger partial charge on any atom is -0.360 e. The Kier molecular flexibility index (Phi) is 3.67. The molecule has 1 saturated heterocycles. The number of benzene rings is 1. The molecular weight excluding hydrogens is 212 g/mol. The van der Waals surface area contributed by atoms with Gasteiger partial charge in [0.15, 0.2) is 0 Å². The summed E-state index contributed by atoms with van der Waals surface area (Å²) in [5.41, 5.74) is 3.98. The van der Waals surface area contributed by atoms with Crippen molar-refractivity contribution in [3.8, 4) is 0 Å². The highest BCUT2D eigenvalue weighted by Crippen LogP contribution is 2.27. The van der Waals surface area contributed by atoms with Gasteiger partial charge in [-0.3, -0.25) is 4.79 Å². The average molecular weight is 232 g/mol. The molecule has 17 heavy (non-hydrogen) atoms. The van der Waals surface area contributed by atoms with Crippen LogP contribution in [0.2, 0.25) is 0 Å². The Labute approximate surface area is 103 Å². The number of nitrogens with one attached hydrogen (secondary N) is 1. The normalized spacial score (nSPS) is 15.9. The van der Waals surface area contributed by atoms with E-state index in [1.165, 1.54) is 16.8 Å². The van der Waals surface area contributed by atoms with Gasteiger partial charge in [0.2, 0.25) is 5.91 Å². The highest BCUT2D eigenvalue weighted by Gasteiger charge is 2.20. The highest BCUT2D eigenvalue weighted by atomic mass is 16.2. The molecule has 0 bridgehead atoms. The number of nitrogens with zero attached hydrogens (tertiary/aromatic N) is 1. The second-order valence-corrected chi connectivity index (χ2v) is 4.40. The topological polar surface area (TPSA) is 32.3 Å². The molecule has 0 saturated carbocycles. The molecule has 0 unspecified atom stereocenters. The predicted molar refractivity (Wildman–Crippen MR) is 70.4 cm³/mol. The molecule has 1 heterocycles. The van der Waals surface area contributed by atoms with Crippen molar-refractivity contribution < 1.29 is 4.79 Å². The van der Waals surface area contributed by atoms with E-state index < -0.39 is 0 Å². The molecule has 1 aliphatic heterocycles. The third kappa shape index (κ3) is 2.43. The Hall–Kier alpha value is -1.51. The molecule has 1 aromatic rings. The number of hydrogen-bond acceptors (Lipinski definition) is 2. The number of aryl methyl sites for hydroxylation is 2. The quantitative estimate of drug-likeness (QED) is 0.861. The first-order chi connectivity index (χ1) is 8.26. The van der Waals surface area contributed by atoms with Crippen LogP contribution in [0.15, 0.2) is 18.2 Å². The van der Waals surface area contributed by atoms with Crippen LogP contribution in [0.4, 0.5) is 5.69 Å². The van der Waals surface area contributed by atoms with Crippen LogP contribution in [0.25, 0.3) is 0 Å². The van der Waals surface area contributed by atoms with Gasteiger partial charge in [0.25, 0.3) is 0 Å². The lowest BCUT2D eigenvalue weighted by Crippen LogP contribution is -2.48. The molecule has 0 radical (unpaired) electrons. The average Bonchev–Trinajstić information content (AvgIpc) is 2.37. The van der Waals surface area contributed by atoms with Crippen molar-refractivity contribution in [3.63, 3.8) is 0 Å². The summed E-state index contributed by atoms with van der Waals surface area (Å²) in [4.78, 5) is 13.7. The van der Waals surface area contributed by atoms with Crippen molar-refractivity contribution in [2.75, 3.05) is 24.5 Å². The maximum Gasteiger partial charge on any atom is 0.239 e. The molecule has 1 amide bonds. The fourth-order valence-corrected chi connectivity index (χ4v) is 2.45. The summed E-state index contributed by atoms with van der Waals surface area (Å²) in [5, 5.41) is 2.88. The SMILES string of the molecule is CCc1cccc(CC)c1N1CCNC(=O)C1.